The fourth-order valence-corrected chi connectivity index (χ4v) is 5.56. The molecule has 0 saturated heterocycles. The summed E-state index contributed by atoms with van der Waals surface area (Å²) < 4.78 is 2.69. The molecule has 1 aliphatic rings. The fourth-order valence-electron chi connectivity index (χ4n) is 4.55. The van der Waals surface area contributed by atoms with Gasteiger partial charge in [0.2, 0.25) is 5.91 Å². The van der Waals surface area contributed by atoms with Gasteiger partial charge in [0.25, 0.3) is 5.56 Å². The van der Waals surface area contributed by atoms with E-state index < -0.39 is 0 Å². The molecule has 1 N–H and O–H groups in total. The molecule has 0 bridgehead atoms. The SMILES string of the molecule is O=C(CCCc1nc2ccccc2s1)N1CCc2c(nc3cc(-c4ccccc4)[nH]n3c2=O)C1. The number of thiazole rings is 1. The van der Waals surface area contributed by atoms with Gasteiger partial charge in [0, 0.05) is 24.6 Å². The predicted molar refractivity (Wildman–Crippen MR) is 133 cm³/mol. The van der Waals surface area contributed by atoms with Gasteiger partial charge in [0.05, 0.1) is 33.2 Å². The number of aryl methyl sites for hydroxylation is 1. The zero-order chi connectivity index (χ0) is 23.1. The highest BCUT2D eigenvalue weighted by Crippen LogP contribution is 2.24. The summed E-state index contributed by atoms with van der Waals surface area (Å²) in [6, 6.07) is 19.9. The maximum Gasteiger partial charge on any atom is 0.276 e. The van der Waals surface area contributed by atoms with Gasteiger partial charge >= 0.3 is 0 Å². The molecule has 0 saturated carbocycles. The van der Waals surface area contributed by atoms with E-state index in [9.17, 15) is 9.59 Å². The summed E-state index contributed by atoms with van der Waals surface area (Å²) in [5, 5.41) is 4.24. The second-order valence-electron chi connectivity index (χ2n) is 8.57. The van der Waals surface area contributed by atoms with Crippen LogP contribution in [-0.4, -0.2) is 36.9 Å². The number of rotatable bonds is 5. The van der Waals surface area contributed by atoms with E-state index in [2.05, 4.69) is 16.1 Å². The van der Waals surface area contributed by atoms with E-state index in [1.54, 1.807) is 11.3 Å². The molecule has 8 heteroatoms. The maximum absolute atomic E-state index is 13.1. The number of nitrogens with one attached hydrogen (secondary N) is 1. The zero-order valence-corrected chi connectivity index (χ0v) is 19.3. The standard InChI is InChI=1S/C26H23N5O2S/c32-25(12-6-11-24-28-19-9-4-5-10-22(19)34-24)30-14-13-18-21(16-30)27-23-15-20(29-31(23)26(18)33)17-7-2-1-3-8-17/h1-5,7-10,15,29H,6,11-14,16H2. The molecule has 0 spiro atoms. The summed E-state index contributed by atoms with van der Waals surface area (Å²) in [5.74, 6) is 0.104. The van der Waals surface area contributed by atoms with Crippen molar-refractivity contribution in [2.75, 3.05) is 6.54 Å². The first kappa shape index (κ1) is 20.8. The van der Waals surface area contributed by atoms with Gasteiger partial charge in [0.1, 0.15) is 0 Å². The second kappa shape index (κ2) is 8.53. The van der Waals surface area contributed by atoms with Crippen LogP contribution < -0.4 is 5.56 Å². The van der Waals surface area contributed by atoms with Crippen molar-refractivity contribution in [3.63, 3.8) is 0 Å². The molecule has 1 aliphatic heterocycles. The van der Waals surface area contributed by atoms with Gasteiger partial charge in [-0.3, -0.25) is 14.7 Å². The van der Waals surface area contributed by atoms with Gasteiger partial charge in [-0.1, -0.05) is 42.5 Å². The average Bonchev–Trinajstić information content (AvgIpc) is 3.48. The molecule has 0 atom stereocenters. The van der Waals surface area contributed by atoms with Crippen LogP contribution in [0.1, 0.15) is 29.1 Å². The van der Waals surface area contributed by atoms with Crippen LogP contribution in [0.2, 0.25) is 0 Å². The smallest absolute Gasteiger partial charge is 0.276 e. The van der Waals surface area contributed by atoms with Crippen molar-refractivity contribution in [2.45, 2.75) is 32.2 Å². The molecule has 0 fully saturated rings. The molecule has 2 aromatic carbocycles. The summed E-state index contributed by atoms with van der Waals surface area (Å²) in [6.45, 7) is 0.926. The normalized spacial score (nSPS) is 13.5. The van der Waals surface area contributed by atoms with Crippen molar-refractivity contribution in [1.82, 2.24) is 24.5 Å². The Morgan fingerprint density at radius 2 is 1.88 bits per heavy atom. The van der Waals surface area contributed by atoms with E-state index in [-0.39, 0.29) is 11.5 Å². The van der Waals surface area contributed by atoms with Crippen LogP contribution in [0, 0.1) is 0 Å². The Kier molecular flexibility index (Phi) is 5.22. The predicted octanol–water partition coefficient (Wildman–Crippen LogP) is 4.21. The average molecular weight is 470 g/mol. The van der Waals surface area contributed by atoms with E-state index in [0.717, 1.165) is 34.6 Å². The van der Waals surface area contributed by atoms with Crippen LogP contribution in [0.3, 0.4) is 0 Å². The fraction of sp³-hybridized carbons (Fsp3) is 0.231. The molecule has 6 rings (SSSR count). The Morgan fingerprint density at radius 1 is 1.06 bits per heavy atom. The molecular weight excluding hydrogens is 446 g/mol. The van der Waals surface area contributed by atoms with Gasteiger partial charge in [-0.25, -0.2) is 14.5 Å². The third-order valence-corrected chi connectivity index (χ3v) is 7.42. The highest BCUT2D eigenvalue weighted by molar-refractivity contribution is 7.18. The number of nitrogens with zero attached hydrogens (tertiary/aromatic N) is 4. The Bertz CT molecular complexity index is 1530. The Balaban J connectivity index is 1.16. The van der Waals surface area contributed by atoms with Crippen molar-refractivity contribution in [1.29, 1.82) is 0 Å². The number of carbonyl (C=O) groups is 1. The van der Waals surface area contributed by atoms with Crippen molar-refractivity contribution < 1.29 is 4.79 Å². The van der Waals surface area contributed by atoms with E-state index in [1.807, 2.05) is 59.5 Å². The van der Waals surface area contributed by atoms with Gasteiger partial charge in [-0.15, -0.1) is 11.3 Å². The van der Waals surface area contributed by atoms with E-state index in [4.69, 9.17) is 4.98 Å². The second-order valence-corrected chi connectivity index (χ2v) is 9.68. The number of carbonyl (C=O) groups excluding carboxylic acids is 1. The molecule has 5 aromatic rings. The molecule has 4 heterocycles. The molecule has 0 radical (unpaired) electrons. The van der Waals surface area contributed by atoms with Crippen LogP contribution in [0.4, 0.5) is 0 Å². The first-order valence-electron chi connectivity index (χ1n) is 11.5. The lowest BCUT2D eigenvalue weighted by Crippen LogP contribution is -2.39. The quantitative estimate of drug-likeness (QED) is 0.418. The highest BCUT2D eigenvalue weighted by Gasteiger charge is 2.25. The monoisotopic (exact) mass is 469 g/mol. The summed E-state index contributed by atoms with van der Waals surface area (Å²) in [7, 11) is 0. The molecule has 170 valence electrons. The van der Waals surface area contributed by atoms with Crippen molar-refractivity contribution in [2.24, 2.45) is 0 Å². The number of hydrogen-bond acceptors (Lipinski definition) is 5. The van der Waals surface area contributed by atoms with Gasteiger partial charge in [-0.2, -0.15) is 0 Å². The van der Waals surface area contributed by atoms with E-state index in [0.29, 0.717) is 42.8 Å². The molecular formula is C26H23N5O2S. The minimum Gasteiger partial charge on any atom is -0.336 e. The summed E-state index contributed by atoms with van der Waals surface area (Å²) in [6.07, 6.45) is 2.54. The highest BCUT2D eigenvalue weighted by atomic mass is 32.1. The number of fused-ring (bicyclic) bond motifs is 3. The van der Waals surface area contributed by atoms with Crippen molar-refractivity contribution in [3.8, 4) is 11.3 Å². The number of aromatic amines is 1. The van der Waals surface area contributed by atoms with Crippen LogP contribution in [0.15, 0.2) is 65.5 Å². The molecule has 0 aliphatic carbocycles. The van der Waals surface area contributed by atoms with Crippen LogP contribution in [0.5, 0.6) is 0 Å². The number of H-pyrrole nitrogens is 1. The van der Waals surface area contributed by atoms with Gasteiger partial charge < -0.3 is 4.90 Å². The molecule has 0 unspecified atom stereocenters. The lowest BCUT2D eigenvalue weighted by Gasteiger charge is -2.27. The largest absolute Gasteiger partial charge is 0.336 e. The number of aromatic nitrogens is 4. The Hall–Kier alpha value is -3.78. The maximum atomic E-state index is 13.1. The first-order valence-corrected chi connectivity index (χ1v) is 12.3. The summed E-state index contributed by atoms with van der Waals surface area (Å²) in [4.78, 5) is 37.2. The summed E-state index contributed by atoms with van der Waals surface area (Å²) in [5.41, 5.74) is 4.75. The Labute approximate surface area is 199 Å². The van der Waals surface area contributed by atoms with Gasteiger partial charge in [-0.05, 0) is 37.0 Å². The first-order chi connectivity index (χ1) is 16.7. The van der Waals surface area contributed by atoms with Crippen LogP contribution in [-0.2, 0) is 24.2 Å². The van der Waals surface area contributed by atoms with Crippen molar-refractivity contribution >= 4 is 33.1 Å². The topological polar surface area (TPSA) is 83.4 Å². The zero-order valence-electron chi connectivity index (χ0n) is 18.5. The third-order valence-electron chi connectivity index (χ3n) is 6.32. The van der Waals surface area contributed by atoms with E-state index >= 15 is 0 Å². The lowest BCUT2D eigenvalue weighted by molar-refractivity contribution is -0.132. The Morgan fingerprint density at radius 3 is 2.74 bits per heavy atom. The van der Waals surface area contributed by atoms with Crippen LogP contribution >= 0.6 is 11.3 Å². The number of hydrogen-bond donors (Lipinski definition) is 1. The molecule has 1 amide bonds. The lowest BCUT2D eigenvalue weighted by atomic mass is 10.1. The van der Waals surface area contributed by atoms with Gasteiger partial charge in [0.15, 0.2) is 5.65 Å². The summed E-state index contributed by atoms with van der Waals surface area (Å²) >= 11 is 1.69. The minimum atomic E-state index is -0.0786. The minimum absolute atomic E-state index is 0.0786. The third kappa shape index (κ3) is 3.80. The molecule has 3 aromatic heterocycles. The van der Waals surface area contributed by atoms with Crippen LogP contribution in [0.25, 0.3) is 27.1 Å². The number of para-hydroxylation sites is 1. The number of benzene rings is 2. The van der Waals surface area contributed by atoms with E-state index in [1.165, 1.54) is 9.22 Å². The molecule has 7 nitrogen and oxygen atoms in total. The molecule has 34 heavy (non-hydrogen) atoms. The van der Waals surface area contributed by atoms with Crippen molar-refractivity contribution in [3.05, 3.63) is 87.3 Å². The number of amides is 1.